The highest BCUT2D eigenvalue weighted by Crippen LogP contribution is 2.37. The molecule has 2 aromatic heterocycles. The molecular formula is C15H14ClN3. The lowest BCUT2D eigenvalue weighted by Gasteiger charge is -2.23. The fourth-order valence-electron chi connectivity index (χ4n) is 3.14. The fourth-order valence-corrected chi connectivity index (χ4v) is 3.31. The molecule has 3 aromatic rings. The Bertz CT molecular complexity index is 727. The Balaban J connectivity index is 1.94. The molecule has 96 valence electrons. The second-order valence-electron chi connectivity index (χ2n) is 5.10. The number of nitrogens with zero attached hydrogens (tertiary/aromatic N) is 2. The van der Waals surface area contributed by atoms with E-state index < -0.39 is 0 Å². The summed E-state index contributed by atoms with van der Waals surface area (Å²) >= 11 is 6.12. The first-order chi connectivity index (χ1) is 9.33. The highest BCUT2D eigenvalue weighted by Gasteiger charge is 2.25. The average Bonchev–Trinajstić information content (AvgIpc) is 3.05. The molecule has 19 heavy (non-hydrogen) atoms. The summed E-state index contributed by atoms with van der Waals surface area (Å²) in [5.74, 6) is 0. The molecule has 3 nitrogen and oxygen atoms in total. The van der Waals surface area contributed by atoms with Crippen molar-refractivity contribution in [1.29, 1.82) is 0 Å². The predicted octanol–water partition coefficient (Wildman–Crippen LogP) is 3.94. The van der Waals surface area contributed by atoms with Crippen molar-refractivity contribution in [2.45, 2.75) is 25.3 Å². The SMILES string of the molecule is Clc1ccc2[nH]c3c(c2c1)CCCC3n1cccn1. The molecule has 1 aliphatic rings. The van der Waals surface area contributed by atoms with Crippen LogP contribution in [0.25, 0.3) is 10.9 Å². The molecule has 0 fully saturated rings. The molecule has 2 heterocycles. The Hall–Kier alpha value is -1.74. The van der Waals surface area contributed by atoms with Gasteiger partial charge in [-0.2, -0.15) is 5.10 Å². The van der Waals surface area contributed by atoms with Crippen molar-refractivity contribution in [3.63, 3.8) is 0 Å². The molecule has 1 aromatic carbocycles. The lowest BCUT2D eigenvalue weighted by molar-refractivity contribution is 0.444. The molecule has 0 aliphatic heterocycles. The van der Waals surface area contributed by atoms with Crippen LogP contribution in [0, 0.1) is 0 Å². The minimum Gasteiger partial charge on any atom is -0.356 e. The van der Waals surface area contributed by atoms with E-state index in [9.17, 15) is 0 Å². The first kappa shape index (κ1) is 11.1. The Labute approximate surface area is 116 Å². The Kier molecular flexibility index (Phi) is 2.42. The normalized spacial score (nSPS) is 18.7. The molecule has 1 unspecified atom stereocenters. The molecule has 0 bridgehead atoms. The molecule has 0 saturated heterocycles. The highest BCUT2D eigenvalue weighted by atomic mass is 35.5. The van der Waals surface area contributed by atoms with Crippen LogP contribution in [0.2, 0.25) is 5.02 Å². The molecule has 0 spiro atoms. The zero-order chi connectivity index (χ0) is 12.8. The Morgan fingerprint density at radius 3 is 3.16 bits per heavy atom. The maximum absolute atomic E-state index is 6.12. The van der Waals surface area contributed by atoms with Crippen molar-refractivity contribution in [3.8, 4) is 0 Å². The molecule has 1 aliphatic carbocycles. The van der Waals surface area contributed by atoms with Crippen molar-refractivity contribution in [1.82, 2.24) is 14.8 Å². The van der Waals surface area contributed by atoms with Gasteiger partial charge in [-0.05, 0) is 49.1 Å². The van der Waals surface area contributed by atoms with Gasteiger partial charge in [-0.3, -0.25) is 4.68 Å². The van der Waals surface area contributed by atoms with Gasteiger partial charge < -0.3 is 4.98 Å². The van der Waals surface area contributed by atoms with Gasteiger partial charge in [0.25, 0.3) is 0 Å². The number of rotatable bonds is 1. The summed E-state index contributed by atoms with van der Waals surface area (Å²) in [6, 6.07) is 8.38. The summed E-state index contributed by atoms with van der Waals surface area (Å²) in [7, 11) is 0. The smallest absolute Gasteiger partial charge is 0.0920 e. The van der Waals surface area contributed by atoms with Crippen molar-refractivity contribution < 1.29 is 0 Å². The first-order valence-corrected chi connectivity index (χ1v) is 7.00. The predicted molar refractivity (Wildman–Crippen MR) is 76.6 cm³/mol. The lowest BCUT2D eigenvalue weighted by atomic mass is 9.92. The van der Waals surface area contributed by atoms with Crippen molar-refractivity contribution in [2.75, 3.05) is 0 Å². The van der Waals surface area contributed by atoms with E-state index in [0.29, 0.717) is 6.04 Å². The van der Waals surface area contributed by atoms with Crippen LogP contribution in [-0.2, 0) is 6.42 Å². The number of aromatic nitrogens is 3. The fraction of sp³-hybridized carbons (Fsp3) is 0.267. The van der Waals surface area contributed by atoms with Crippen LogP contribution >= 0.6 is 11.6 Å². The summed E-state index contributed by atoms with van der Waals surface area (Å²) in [6.45, 7) is 0. The van der Waals surface area contributed by atoms with Crippen LogP contribution in [0.4, 0.5) is 0 Å². The van der Waals surface area contributed by atoms with E-state index in [2.05, 4.69) is 26.9 Å². The molecular weight excluding hydrogens is 258 g/mol. The topological polar surface area (TPSA) is 33.6 Å². The van der Waals surface area contributed by atoms with E-state index in [-0.39, 0.29) is 0 Å². The quantitative estimate of drug-likeness (QED) is 0.714. The van der Waals surface area contributed by atoms with Crippen LogP contribution < -0.4 is 0 Å². The van der Waals surface area contributed by atoms with Gasteiger partial charge in [-0.1, -0.05) is 11.6 Å². The highest BCUT2D eigenvalue weighted by molar-refractivity contribution is 6.31. The monoisotopic (exact) mass is 271 g/mol. The number of halogens is 1. The molecule has 4 rings (SSSR count). The number of fused-ring (bicyclic) bond motifs is 3. The van der Waals surface area contributed by atoms with Crippen molar-refractivity contribution in [2.24, 2.45) is 0 Å². The number of hydrogen-bond acceptors (Lipinski definition) is 1. The molecule has 0 radical (unpaired) electrons. The Morgan fingerprint density at radius 1 is 1.37 bits per heavy atom. The number of nitrogens with one attached hydrogen (secondary N) is 1. The second-order valence-corrected chi connectivity index (χ2v) is 5.54. The summed E-state index contributed by atoms with van der Waals surface area (Å²) in [6.07, 6.45) is 7.33. The van der Waals surface area contributed by atoms with Crippen LogP contribution in [-0.4, -0.2) is 14.8 Å². The van der Waals surface area contributed by atoms with E-state index in [4.69, 9.17) is 11.6 Å². The largest absolute Gasteiger partial charge is 0.356 e. The standard InChI is InChI=1S/C15H14ClN3/c16-10-5-6-13-12(9-10)11-3-1-4-14(15(11)18-13)19-8-2-7-17-19/h2,5-9,14,18H,1,3-4H2. The van der Waals surface area contributed by atoms with Gasteiger partial charge in [0.1, 0.15) is 0 Å². The summed E-state index contributed by atoms with van der Waals surface area (Å²) < 4.78 is 2.05. The number of H-pyrrole nitrogens is 1. The Morgan fingerprint density at radius 2 is 2.32 bits per heavy atom. The van der Waals surface area contributed by atoms with Gasteiger partial charge in [-0.15, -0.1) is 0 Å². The van der Waals surface area contributed by atoms with Gasteiger partial charge in [0.15, 0.2) is 0 Å². The van der Waals surface area contributed by atoms with E-state index in [1.54, 1.807) is 0 Å². The average molecular weight is 272 g/mol. The first-order valence-electron chi connectivity index (χ1n) is 6.62. The van der Waals surface area contributed by atoms with Gasteiger partial charge in [0, 0.05) is 34.0 Å². The van der Waals surface area contributed by atoms with Gasteiger partial charge in [0.2, 0.25) is 0 Å². The third-order valence-electron chi connectivity index (χ3n) is 3.98. The van der Waals surface area contributed by atoms with E-state index >= 15 is 0 Å². The van der Waals surface area contributed by atoms with E-state index in [1.807, 2.05) is 24.5 Å². The lowest BCUT2D eigenvalue weighted by Crippen LogP contribution is -2.17. The van der Waals surface area contributed by atoms with Crippen LogP contribution in [0.15, 0.2) is 36.7 Å². The van der Waals surface area contributed by atoms with Gasteiger partial charge >= 0.3 is 0 Å². The number of hydrogen-bond donors (Lipinski definition) is 1. The summed E-state index contributed by atoms with van der Waals surface area (Å²) in [5, 5.41) is 6.46. The third kappa shape index (κ3) is 1.69. The third-order valence-corrected chi connectivity index (χ3v) is 4.22. The van der Waals surface area contributed by atoms with Crippen LogP contribution in [0.1, 0.15) is 30.1 Å². The maximum Gasteiger partial charge on any atom is 0.0920 e. The summed E-state index contributed by atoms with van der Waals surface area (Å²) in [4.78, 5) is 3.56. The molecule has 1 N–H and O–H groups in total. The van der Waals surface area contributed by atoms with Crippen molar-refractivity contribution >= 4 is 22.5 Å². The molecule has 0 amide bonds. The number of aryl methyl sites for hydroxylation is 1. The van der Waals surface area contributed by atoms with E-state index in [0.717, 1.165) is 17.9 Å². The van der Waals surface area contributed by atoms with E-state index in [1.165, 1.54) is 28.6 Å². The number of aromatic amines is 1. The van der Waals surface area contributed by atoms with Crippen molar-refractivity contribution in [3.05, 3.63) is 52.9 Å². The van der Waals surface area contributed by atoms with Gasteiger partial charge in [0.05, 0.1) is 6.04 Å². The van der Waals surface area contributed by atoms with Gasteiger partial charge in [-0.25, -0.2) is 0 Å². The van der Waals surface area contributed by atoms with Crippen LogP contribution in [0.5, 0.6) is 0 Å². The maximum atomic E-state index is 6.12. The zero-order valence-corrected chi connectivity index (χ0v) is 11.2. The summed E-state index contributed by atoms with van der Waals surface area (Å²) in [5.41, 5.74) is 3.88. The molecule has 4 heteroatoms. The minimum atomic E-state index is 0.324. The van der Waals surface area contributed by atoms with Crippen LogP contribution in [0.3, 0.4) is 0 Å². The molecule has 0 saturated carbocycles. The number of benzene rings is 1. The zero-order valence-electron chi connectivity index (χ0n) is 10.4. The molecule has 1 atom stereocenters. The second kappa shape index (κ2) is 4.14. The minimum absolute atomic E-state index is 0.324.